The number of aromatic nitrogens is 2. The Labute approximate surface area is 122 Å². The summed E-state index contributed by atoms with van der Waals surface area (Å²) < 4.78 is 1.07. The van der Waals surface area contributed by atoms with Crippen molar-refractivity contribution in [3.63, 3.8) is 0 Å². The van der Waals surface area contributed by atoms with Crippen molar-refractivity contribution in [3.8, 4) is 0 Å². The summed E-state index contributed by atoms with van der Waals surface area (Å²) in [6.07, 6.45) is 0.685. The molecule has 1 heterocycles. The van der Waals surface area contributed by atoms with Crippen LogP contribution in [0.1, 0.15) is 42.4 Å². The maximum atomic E-state index is 6.05. The Morgan fingerprint density at radius 1 is 1.21 bits per heavy atom. The van der Waals surface area contributed by atoms with Gasteiger partial charge in [0.25, 0.3) is 0 Å². The van der Waals surface area contributed by atoms with Crippen LogP contribution in [0.15, 0.2) is 28.7 Å². The minimum absolute atomic E-state index is 0.345. The normalized spacial score (nSPS) is 11.0. The van der Waals surface area contributed by atoms with Crippen molar-refractivity contribution in [1.82, 2.24) is 9.97 Å². The van der Waals surface area contributed by atoms with Crippen molar-refractivity contribution in [2.75, 3.05) is 5.73 Å². The molecule has 0 amide bonds. The molecule has 2 aromatic rings. The first-order chi connectivity index (χ1) is 8.99. The summed E-state index contributed by atoms with van der Waals surface area (Å²) in [7, 11) is 0. The quantitative estimate of drug-likeness (QED) is 0.935. The third-order valence-electron chi connectivity index (χ3n) is 3.10. The standard InChI is InChI=1S/C15H18BrN3/c1-9(2)14-10(3)18-13(19-15(14)17)8-11-6-4-5-7-12(11)16/h4-7,9H,8H2,1-3H3,(H2,17,18,19). The largest absolute Gasteiger partial charge is 0.383 e. The van der Waals surface area contributed by atoms with Crippen LogP contribution in [-0.4, -0.2) is 9.97 Å². The lowest BCUT2D eigenvalue weighted by atomic mass is 10.0. The van der Waals surface area contributed by atoms with Gasteiger partial charge >= 0.3 is 0 Å². The maximum absolute atomic E-state index is 6.05. The predicted molar refractivity (Wildman–Crippen MR) is 82.2 cm³/mol. The van der Waals surface area contributed by atoms with Crippen LogP contribution in [0, 0.1) is 6.92 Å². The van der Waals surface area contributed by atoms with Crippen LogP contribution in [-0.2, 0) is 6.42 Å². The zero-order chi connectivity index (χ0) is 14.0. The van der Waals surface area contributed by atoms with E-state index >= 15 is 0 Å². The molecule has 0 aliphatic heterocycles. The number of aryl methyl sites for hydroxylation is 1. The molecule has 2 N–H and O–H groups in total. The first-order valence-corrected chi connectivity index (χ1v) is 7.14. The number of nitrogens with zero attached hydrogens (tertiary/aromatic N) is 2. The van der Waals surface area contributed by atoms with E-state index in [2.05, 4.69) is 45.8 Å². The van der Waals surface area contributed by atoms with E-state index in [4.69, 9.17) is 5.73 Å². The van der Waals surface area contributed by atoms with E-state index in [9.17, 15) is 0 Å². The fraction of sp³-hybridized carbons (Fsp3) is 0.333. The molecule has 0 saturated heterocycles. The SMILES string of the molecule is Cc1nc(Cc2ccccc2Br)nc(N)c1C(C)C. The molecule has 19 heavy (non-hydrogen) atoms. The Bertz CT molecular complexity index is 571. The summed E-state index contributed by atoms with van der Waals surface area (Å²) >= 11 is 3.54. The third-order valence-corrected chi connectivity index (χ3v) is 3.87. The molecule has 0 bridgehead atoms. The monoisotopic (exact) mass is 319 g/mol. The van der Waals surface area contributed by atoms with E-state index < -0.39 is 0 Å². The van der Waals surface area contributed by atoms with Gasteiger partial charge < -0.3 is 5.73 Å². The van der Waals surface area contributed by atoms with Crippen molar-refractivity contribution in [2.45, 2.75) is 33.1 Å². The van der Waals surface area contributed by atoms with Crippen LogP contribution < -0.4 is 5.73 Å². The number of anilines is 1. The highest BCUT2D eigenvalue weighted by atomic mass is 79.9. The fourth-order valence-corrected chi connectivity index (χ4v) is 2.69. The van der Waals surface area contributed by atoms with E-state index in [0.717, 1.165) is 21.6 Å². The van der Waals surface area contributed by atoms with Gasteiger partial charge in [-0.05, 0) is 24.5 Å². The average Bonchev–Trinajstić information content (AvgIpc) is 2.30. The molecule has 0 aliphatic rings. The molecule has 0 aliphatic carbocycles. The summed E-state index contributed by atoms with van der Waals surface area (Å²) in [5, 5.41) is 0. The number of nitrogen functional groups attached to an aromatic ring is 1. The van der Waals surface area contributed by atoms with Gasteiger partial charge in [-0.3, -0.25) is 0 Å². The Hall–Kier alpha value is -1.42. The fourth-order valence-electron chi connectivity index (χ4n) is 2.27. The molecule has 1 aromatic carbocycles. The van der Waals surface area contributed by atoms with Gasteiger partial charge in [-0.25, -0.2) is 9.97 Å². The molecule has 2 rings (SSSR count). The summed E-state index contributed by atoms with van der Waals surface area (Å²) in [5.74, 6) is 1.72. The summed E-state index contributed by atoms with van der Waals surface area (Å²) in [5.41, 5.74) is 9.25. The molecular formula is C15H18BrN3. The number of nitrogens with two attached hydrogens (primary N) is 1. The number of rotatable bonds is 3. The number of hydrogen-bond acceptors (Lipinski definition) is 3. The lowest BCUT2D eigenvalue weighted by Crippen LogP contribution is -2.09. The minimum atomic E-state index is 0.345. The average molecular weight is 320 g/mol. The van der Waals surface area contributed by atoms with Crippen molar-refractivity contribution in [1.29, 1.82) is 0 Å². The topological polar surface area (TPSA) is 51.8 Å². The zero-order valence-electron chi connectivity index (χ0n) is 11.4. The lowest BCUT2D eigenvalue weighted by molar-refractivity contribution is 0.816. The van der Waals surface area contributed by atoms with Crippen molar-refractivity contribution in [3.05, 3.63) is 51.4 Å². The van der Waals surface area contributed by atoms with Crippen LogP contribution in [0.25, 0.3) is 0 Å². The zero-order valence-corrected chi connectivity index (χ0v) is 13.0. The smallest absolute Gasteiger partial charge is 0.135 e. The van der Waals surface area contributed by atoms with Crippen LogP contribution in [0.3, 0.4) is 0 Å². The van der Waals surface area contributed by atoms with Crippen molar-refractivity contribution in [2.24, 2.45) is 0 Å². The van der Waals surface area contributed by atoms with E-state index in [-0.39, 0.29) is 0 Å². The number of benzene rings is 1. The molecule has 0 atom stereocenters. The van der Waals surface area contributed by atoms with E-state index in [0.29, 0.717) is 18.2 Å². The van der Waals surface area contributed by atoms with Gasteiger partial charge in [0, 0.05) is 22.2 Å². The molecule has 100 valence electrons. The molecule has 0 fully saturated rings. The van der Waals surface area contributed by atoms with Gasteiger partial charge in [0.2, 0.25) is 0 Å². The molecule has 4 heteroatoms. The molecule has 0 unspecified atom stereocenters. The van der Waals surface area contributed by atoms with E-state index in [1.165, 1.54) is 5.56 Å². The summed E-state index contributed by atoms with van der Waals surface area (Å²) in [6, 6.07) is 8.10. The van der Waals surface area contributed by atoms with E-state index in [1.54, 1.807) is 0 Å². The first kappa shape index (κ1) is 14.0. The molecule has 0 spiro atoms. The van der Waals surface area contributed by atoms with Crippen LogP contribution in [0.2, 0.25) is 0 Å². The van der Waals surface area contributed by atoms with Crippen molar-refractivity contribution < 1.29 is 0 Å². The molecule has 1 aromatic heterocycles. The highest BCUT2D eigenvalue weighted by molar-refractivity contribution is 9.10. The maximum Gasteiger partial charge on any atom is 0.135 e. The highest BCUT2D eigenvalue weighted by Gasteiger charge is 2.13. The van der Waals surface area contributed by atoms with Crippen molar-refractivity contribution >= 4 is 21.7 Å². The number of halogens is 1. The van der Waals surface area contributed by atoms with Crippen LogP contribution in [0.5, 0.6) is 0 Å². The van der Waals surface area contributed by atoms with E-state index in [1.807, 2.05) is 25.1 Å². The molecule has 0 radical (unpaired) electrons. The van der Waals surface area contributed by atoms with Gasteiger partial charge in [0.05, 0.1) is 0 Å². The second-order valence-electron chi connectivity index (χ2n) is 4.95. The Kier molecular flexibility index (Phi) is 4.20. The first-order valence-electron chi connectivity index (χ1n) is 6.35. The van der Waals surface area contributed by atoms with Gasteiger partial charge in [-0.1, -0.05) is 48.0 Å². The van der Waals surface area contributed by atoms with Gasteiger partial charge in [0.1, 0.15) is 11.6 Å². The second-order valence-corrected chi connectivity index (χ2v) is 5.80. The lowest BCUT2D eigenvalue weighted by Gasteiger charge is -2.13. The Balaban J connectivity index is 2.35. The van der Waals surface area contributed by atoms with Gasteiger partial charge in [0.15, 0.2) is 0 Å². The number of hydrogen-bond donors (Lipinski definition) is 1. The molecule has 3 nitrogen and oxygen atoms in total. The predicted octanol–water partition coefficient (Wildman–Crippen LogP) is 3.84. The highest BCUT2D eigenvalue weighted by Crippen LogP contribution is 2.24. The Morgan fingerprint density at radius 3 is 2.47 bits per heavy atom. The summed E-state index contributed by atoms with van der Waals surface area (Å²) in [4.78, 5) is 9.02. The third kappa shape index (κ3) is 3.13. The summed E-state index contributed by atoms with van der Waals surface area (Å²) in [6.45, 7) is 6.21. The molecular weight excluding hydrogens is 302 g/mol. The second kappa shape index (κ2) is 5.70. The van der Waals surface area contributed by atoms with Gasteiger partial charge in [-0.15, -0.1) is 0 Å². The Morgan fingerprint density at radius 2 is 1.89 bits per heavy atom. The van der Waals surface area contributed by atoms with Crippen LogP contribution >= 0.6 is 15.9 Å². The molecule has 0 saturated carbocycles. The minimum Gasteiger partial charge on any atom is -0.383 e. The van der Waals surface area contributed by atoms with Crippen LogP contribution in [0.4, 0.5) is 5.82 Å². The van der Waals surface area contributed by atoms with Gasteiger partial charge in [-0.2, -0.15) is 0 Å².